The van der Waals surface area contributed by atoms with E-state index in [1.54, 1.807) is 0 Å². The van der Waals surface area contributed by atoms with Gasteiger partial charge in [0.25, 0.3) is 0 Å². The molecule has 0 saturated carbocycles. The SMILES string of the molecule is O=C(OCC(=O)c1ccc(Cl)cc1Cl)c1ccc(S(=O)(=O)N2CCCC2)cc1. The molecule has 0 aromatic heterocycles. The Morgan fingerprint density at radius 1 is 1.00 bits per heavy atom. The van der Waals surface area contributed by atoms with E-state index in [0.29, 0.717) is 18.1 Å². The first-order valence-corrected chi connectivity index (χ1v) is 10.7. The summed E-state index contributed by atoms with van der Waals surface area (Å²) in [6, 6.07) is 9.86. The van der Waals surface area contributed by atoms with Crippen molar-refractivity contribution in [1.82, 2.24) is 4.31 Å². The number of hydrogen-bond acceptors (Lipinski definition) is 5. The second-order valence-corrected chi connectivity index (χ2v) is 9.04. The van der Waals surface area contributed by atoms with Crippen LogP contribution in [0.4, 0.5) is 0 Å². The molecule has 2 aromatic rings. The van der Waals surface area contributed by atoms with E-state index in [2.05, 4.69) is 0 Å². The van der Waals surface area contributed by atoms with Gasteiger partial charge in [0, 0.05) is 23.7 Å². The molecule has 1 heterocycles. The summed E-state index contributed by atoms with van der Waals surface area (Å²) < 4.78 is 31.4. The van der Waals surface area contributed by atoms with Crippen molar-refractivity contribution < 1.29 is 22.7 Å². The highest BCUT2D eigenvalue weighted by Gasteiger charge is 2.27. The monoisotopic (exact) mass is 441 g/mol. The molecular weight excluding hydrogens is 425 g/mol. The van der Waals surface area contributed by atoms with E-state index < -0.39 is 28.4 Å². The molecule has 0 aliphatic carbocycles. The van der Waals surface area contributed by atoms with Gasteiger partial charge in [0.1, 0.15) is 0 Å². The Morgan fingerprint density at radius 2 is 1.64 bits per heavy atom. The lowest BCUT2D eigenvalue weighted by atomic mass is 10.1. The summed E-state index contributed by atoms with van der Waals surface area (Å²) in [6.07, 6.45) is 1.69. The summed E-state index contributed by atoms with van der Waals surface area (Å²) in [5.74, 6) is -1.20. The van der Waals surface area contributed by atoms with E-state index in [0.717, 1.165) is 12.8 Å². The number of esters is 1. The summed E-state index contributed by atoms with van der Waals surface area (Å²) >= 11 is 11.8. The number of ketones is 1. The van der Waals surface area contributed by atoms with Gasteiger partial charge in [0.2, 0.25) is 15.8 Å². The smallest absolute Gasteiger partial charge is 0.338 e. The van der Waals surface area contributed by atoms with Gasteiger partial charge in [-0.2, -0.15) is 4.31 Å². The van der Waals surface area contributed by atoms with Crippen LogP contribution in [0.1, 0.15) is 33.6 Å². The van der Waals surface area contributed by atoms with Crippen molar-refractivity contribution in [2.24, 2.45) is 0 Å². The minimum absolute atomic E-state index is 0.120. The lowest BCUT2D eigenvalue weighted by Crippen LogP contribution is -2.27. The molecular formula is C19H17Cl2NO5S. The molecule has 6 nitrogen and oxygen atoms in total. The number of carbonyl (C=O) groups is 2. The Kier molecular flexibility index (Phi) is 6.40. The number of benzene rings is 2. The summed E-state index contributed by atoms with van der Waals surface area (Å²) in [5.41, 5.74) is 0.348. The van der Waals surface area contributed by atoms with Crippen molar-refractivity contribution in [2.75, 3.05) is 19.7 Å². The maximum absolute atomic E-state index is 12.5. The molecule has 1 aliphatic rings. The normalized spacial score (nSPS) is 14.8. The number of ether oxygens (including phenoxy) is 1. The van der Waals surface area contributed by atoms with Gasteiger partial charge in [0.15, 0.2) is 6.61 Å². The van der Waals surface area contributed by atoms with Crippen molar-refractivity contribution >= 4 is 45.0 Å². The van der Waals surface area contributed by atoms with Crippen LogP contribution < -0.4 is 0 Å². The van der Waals surface area contributed by atoms with Crippen LogP contribution in [0.2, 0.25) is 10.0 Å². The standard InChI is InChI=1S/C19H17Cl2NO5S/c20-14-5-8-16(17(21)11-14)18(23)12-27-19(24)13-3-6-15(7-4-13)28(25,26)22-9-1-2-10-22/h3-8,11H,1-2,9-10,12H2. The fourth-order valence-corrected chi connectivity index (χ4v) is 4.88. The number of halogens is 2. The predicted octanol–water partition coefficient (Wildman–Crippen LogP) is 3.82. The maximum Gasteiger partial charge on any atom is 0.338 e. The number of Topliss-reactive ketones (excluding diaryl/α,β-unsaturated/α-hetero) is 1. The van der Waals surface area contributed by atoms with Gasteiger partial charge < -0.3 is 4.74 Å². The maximum atomic E-state index is 12.5. The van der Waals surface area contributed by atoms with Crippen LogP contribution in [0.15, 0.2) is 47.4 Å². The van der Waals surface area contributed by atoms with Gasteiger partial charge in [-0.3, -0.25) is 4.79 Å². The Hall–Kier alpha value is -1.93. The van der Waals surface area contributed by atoms with E-state index in [1.165, 1.54) is 46.8 Å². The highest BCUT2D eigenvalue weighted by Crippen LogP contribution is 2.23. The Bertz CT molecular complexity index is 999. The van der Waals surface area contributed by atoms with Crippen LogP contribution in [-0.4, -0.2) is 44.2 Å². The third-order valence-electron chi connectivity index (χ3n) is 4.36. The van der Waals surface area contributed by atoms with Gasteiger partial charge in [-0.05, 0) is 55.3 Å². The largest absolute Gasteiger partial charge is 0.454 e. The van der Waals surface area contributed by atoms with Crippen LogP contribution >= 0.6 is 23.2 Å². The van der Waals surface area contributed by atoms with Crippen LogP contribution in [0.5, 0.6) is 0 Å². The molecule has 9 heteroatoms. The van der Waals surface area contributed by atoms with Crippen LogP contribution in [0.3, 0.4) is 0 Å². The number of nitrogens with zero attached hydrogens (tertiary/aromatic N) is 1. The third kappa shape index (κ3) is 4.55. The molecule has 0 radical (unpaired) electrons. The van der Waals surface area contributed by atoms with Gasteiger partial charge in [-0.25, -0.2) is 13.2 Å². The second kappa shape index (κ2) is 8.61. The van der Waals surface area contributed by atoms with E-state index in [-0.39, 0.29) is 21.0 Å². The second-order valence-electron chi connectivity index (χ2n) is 6.26. The quantitative estimate of drug-likeness (QED) is 0.502. The molecule has 3 rings (SSSR count). The molecule has 1 saturated heterocycles. The molecule has 28 heavy (non-hydrogen) atoms. The summed E-state index contributed by atoms with van der Waals surface area (Å²) in [7, 11) is -3.55. The van der Waals surface area contributed by atoms with Gasteiger partial charge in [-0.1, -0.05) is 23.2 Å². The number of sulfonamides is 1. The van der Waals surface area contributed by atoms with Crippen molar-refractivity contribution in [2.45, 2.75) is 17.7 Å². The van der Waals surface area contributed by atoms with E-state index in [4.69, 9.17) is 27.9 Å². The zero-order valence-electron chi connectivity index (χ0n) is 14.7. The fourth-order valence-electron chi connectivity index (χ4n) is 2.85. The Morgan fingerprint density at radius 3 is 2.25 bits per heavy atom. The minimum atomic E-state index is -3.55. The zero-order chi connectivity index (χ0) is 20.3. The topological polar surface area (TPSA) is 80.8 Å². The lowest BCUT2D eigenvalue weighted by Gasteiger charge is -2.15. The van der Waals surface area contributed by atoms with E-state index in [1.807, 2.05) is 0 Å². The van der Waals surface area contributed by atoms with Gasteiger partial charge in [-0.15, -0.1) is 0 Å². The van der Waals surface area contributed by atoms with Crippen molar-refractivity contribution in [3.8, 4) is 0 Å². The summed E-state index contributed by atoms with van der Waals surface area (Å²) in [5, 5.41) is 0.563. The molecule has 148 valence electrons. The van der Waals surface area contributed by atoms with Crippen molar-refractivity contribution in [3.63, 3.8) is 0 Å². The van der Waals surface area contributed by atoms with E-state index >= 15 is 0 Å². The van der Waals surface area contributed by atoms with Crippen LogP contribution in [0, 0.1) is 0 Å². The Balaban J connectivity index is 1.64. The average Bonchev–Trinajstić information content (AvgIpc) is 3.21. The third-order valence-corrected chi connectivity index (χ3v) is 6.82. The van der Waals surface area contributed by atoms with Crippen LogP contribution in [-0.2, 0) is 14.8 Å². The molecule has 1 fully saturated rings. The molecule has 2 aromatic carbocycles. The molecule has 0 spiro atoms. The number of hydrogen-bond donors (Lipinski definition) is 0. The first kappa shape index (κ1) is 20.8. The molecule has 0 atom stereocenters. The highest BCUT2D eigenvalue weighted by atomic mass is 35.5. The molecule has 0 unspecified atom stereocenters. The highest BCUT2D eigenvalue weighted by molar-refractivity contribution is 7.89. The zero-order valence-corrected chi connectivity index (χ0v) is 17.1. The predicted molar refractivity (Wildman–Crippen MR) is 106 cm³/mol. The summed E-state index contributed by atoms with van der Waals surface area (Å²) in [4.78, 5) is 24.4. The summed E-state index contributed by atoms with van der Waals surface area (Å²) in [6.45, 7) is 0.511. The Labute approximate surface area is 173 Å². The van der Waals surface area contributed by atoms with Gasteiger partial charge in [0.05, 0.1) is 15.5 Å². The number of rotatable bonds is 6. The molecule has 0 N–H and O–H groups in total. The van der Waals surface area contributed by atoms with Crippen molar-refractivity contribution in [3.05, 3.63) is 63.6 Å². The van der Waals surface area contributed by atoms with Crippen molar-refractivity contribution in [1.29, 1.82) is 0 Å². The molecule has 0 amide bonds. The first-order chi connectivity index (χ1) is 13.3. The lowest BCUT2D eigenvalue weighted by molar-refractivity contribution is 0.0474. The van der Waals surface area contributed by atoms with E-state index in [9.17, 15) is 18.0 Å². The first-order valence-electron chi connectivity index (χ1n) is 8.54. The minimum Gasteiger partial charge on any atom is -0.454 e. The van der Waals surface area contributed by atoms with Gasteiger partial charge >= 0.3 is 5.97 Å². The molecule has 1 aliphatic heterocycles. The van der Waals surface area contributed by atoms with Crippen LogP contribution in [0.25, 0.3) is 0 Å². The molecule has 0 bridgehead atoms. The number of carbonyl (C=O) groups excluding carboxylic acids is 2. The average molecular weight is 442 g/mol. The fraction of sp³-hybridized carbons (Fsp3) is 0.263.